The molecule has 0 unspecified atom stereocenters. The van der Waals surface area contributed by atoms with E-state index >= 15 is 0 Å². The Morgan fingerprint density at radius 1 is 1.15 bits per heavy atom. The number of carbonyl (C=O) groups is 1. The predicted molar refractivity (Wildman–Crippen MR) is 81.4 cm³/mol. The minimum absolute atomic E-state index is 0.147. The van der Waals surface area contributed by atoms with Crippen LogP contribution < -0.4 is 15.8 Å². The molecule has 1 amide bonds. The maximum Gasteiger partial charge on any atom is 0.262 e. The maximum atomic E-state index is 11.8. The van der Waals surface area contributed by atoms with Gasteiger partial charge in [-0.3, -0.25) is 4.79 Å². The lowest BCUT2D eigenvalue weighted by Crippen LogP contribution is -2.20. The van der Waals surface area contributed by atoms with Crippen molar-refractivity contribution < 1.29 is 9.53 Å². The zero-order chi connectivity index (χ0) is 14.5. The summed E-state index contributed by atoms with van der Waals surface area (Å²) in [4.78, 5) is 11.8. The van der Waals surface area contributed by atoms with Crippen LogP contribution in [-0.2, 0) is 4.79 Å². The number of carbonyl (C=O) groups excluding carboxylic acids is 1. The number of halogens is 2. The van der Waals surface area contributed by atoms with Crippen molar-refractivity contribution in [3.05, 3.63) is 52.5 Å². The fraction of sp³-hybridized carbons (Fsp3) is 0.0714. The summed E-state index contributed by atoms with van der Waals surface area (Å²) in [6.07, 6.45) is 0. The third-order valence-corrected chi connectivity index (χ3v) is 2.93. The maximum absolute atomic E-state index is 11.8. The minimum atomic E-state index is -0.334. The molecule has 0 aliphatic heterocycles. The van der Waals surface area contributed by atoms with Crippen molar-refractivity contribution in [1.29, 1.82) is 0 Å². The molecule has 6 heteroatoms. The van der Waals surface area contributed by atoms with Gasteiger partial charge >= 0.3 is 0 Å². The fourth-order valence-electron chi connectivity index (χ4n) is 1.53. The van der Waals surface area contributed by atoms with Gasteiger partial charge in [0.05, 0.1) is 11.4 Å². The van der Waals surface area contributed by atoms with Crippen LogP contribution in [0.2, 0.25) is 10.0 Å². The van der Waals surface area contributed by atoms with Crippen LogP contribution in [0.5, 0.6) is 5.75 Å². The van der Waals surface area contributed by atoms with Gasteiger partial charge in [-0.2, -0.15) is 0 Å². The Bertz CT molecular complexity index is 632. The Morgan fingerprint density at radius 2 is 1.90 bits per heavy atom. The summed E-state index contributed by atoms with van der Waals surface area (Å²) in [5.74, 6) is 0.186. The Balaban J connectivity index is 1.94. The molecule has 2 aromatic rings. The molecule has 0 fully saturated rings. The van der Waals surface area contributed by atoms with E-state index < -0.39 is 0 Å². The van der Waals surface area contributed by atoms with Crippen molar-refractivity contribution in [3.8, 4) is 5.75 Å². The van der Waals surface area contributed by atoms with E-state index in [-0.39, 0.29) is 12.5 Å². The van der Waals surface area contributed by atoms with Gasteiger partial charge in [-0.25, -0.2) is 0 Å². The van der Waals surface area contributed by atoms with Gasteiger partial charge in [-0.15, -0.1) is 0 Å². The molecule has 104 valence electrons. The van der Waals surface area contributed by atoms with Crippen LogP contribution in [0.3, 0.4) is 0 Å². The average Bonchev–Trinajstić information content (AvgIpc) is 2.41. The van der Waals surface area contributed by atoms with E-state index in [4.69, 9.17) is 33.7 Å². The highest BCUT2D eigenvalue weighted by molar-refractivity contribution is 6.31. The number of ether oxygens (including phenoxy) is 1. The van der Waals surface area contributed by atoms with Gasteiger partial charge in [0.15, 0.2) is 6.61 Å². The molecular formula is C14H12Cl2N2O2. The molecule has 0 aromatic heterocycles. The standard InChI is InChI=1S/C14H12Cl2N2O2/c15-9-2-1-3-11(6-9)20-8-14(19)18-13-7-10(16)4-5-12(13)17/h1-7H,8,17H2,(H,18,19). The monoisotopic (exact) mass is 310 g/mol. The number of hydrogen-bond acceptors (Lipinski definition) is 3. The highest BCUT2D eigenvalue weighted by atomic mass is 35.5. The highest BCUT2D eigenvalue weighted by Gasteiger charge is 2.07. The van der Waals surface area contributed by atoms with Crippen LogP contribution in [0.4, 0.5) is 11.4 Å². The molecule has 2 rings (SSSR count). The Morgan fingerprint density at radius 3 is 2.65 bits per heavy atom. The zero-order valence-corrected chi connectivity index (χ0v) is 11.9. The molecule has 3 N–H and O–H groups in total. The topological polar surface area (TPSA) is 64.3 Å². The van der Waals surface area contributed by atoms with Crippen LogP contribution in [0, 0.1) is 0 Å². The molecule has 0 atom stereocenters. The van der Waals surface area contributed by atoms with Crippen LogP contribution in [0.1, 0.15) is 0 Å². The first-order valence-electron chi connectivity index (χ1n) is 5.78. The normalized spacial score (nSPS) is 10.1. The van der Waals surface area contributed by atoms with E-state index in [0.717, 1.165) is 0 Å². The molecule has 0 aliphatic rings. The van der Waals surface area contributed by atoms with E-state index in [1.54, 1.807) is 42.5 Å². The molecule has 0 aliphatic carbocycles. The van der Waals surface area contributed by atoms with Crippen molar-refractivity contribution in [3.63, 3.8) is 0 Å². The second-order valence-corrected chi connectivity index (χ2v) is 4.90. The van der Waals surface area contributed by atoms with E-state index in [1.165, 1.54) is 0 Å². The SMILES string of the molecule is Nc1ccc(Cl)cc1NC(=O)COc1cccc(Cl)c1. The summed E-state index contributed by atoms with van der Waals surface area (Å²) in [6.45, 7) is -0.147. The Kier molecular flexibility index (Phi) is 4.71. The molecular weight excluding hydrogens is 299 g/mol. The summed E-state index contributed by atoms with van der Waals surface area (Å²) in [5.41, 5.74) is 6.62. The van der Waals surface area contributed by atoms with Gasteiger partial charge in [0.25, 0.3) is 5.91 Å². The van der Waals surface area contributed by atoms with Crippen molar-refractivity contribution in [2.24, 2.45) is 0 Å². The average molecular weight is 311 g/mol. The van der Waals surface area contributed by atoms with Crippen molar-refractivity contribution in [1.82, 2.24) is 0 Å². The third-order valence-electron chi connectivity index (χ3n) is 2.46. The van der Waals surface area contributed by atoms with E-state index in [9.17, 15) is 4.79 Å². The molecule has 4 nitrogen and oxygen atoms in total. The smallest absolute Gasteiger partial charge is 0.262 e. The summed E-state index contributed by atoms with van der Waals surface area (Å²) in [5, 5.41) is 3.66. The van der Waals surface area contributed by atoms with E-state index in [2.05, 4.69) is 5.32 Å². The lowest BCUT2D eigenvalue weighted by atomic mass is 10.2. The number of rotatable bonds is 4. The number of anilines is 2. The molecule has 0 saturated heterocycles. The van der Waals surface area contributed by atoms with Gasteiger partial charge in [-0.1, -0.05) is 29.3 Å². The molecule has 0 radical (unpaired) electrons. The number of amides is 1. The molecule has 0 spiro atoms. The second-order valence-electron chi connectivity index (χ2n) is 4.03. The summed E-state index contributed by atoms with van der Waals surface area (Å²) >= 11 is 11.7. The van der Waals surface area contributed by atoms with Crippen molar-refractivity contribution in [2.75, 3.05) is 17.7 Å². The van der Waals surface area contributed by atoms with E-state index in [1.807, 2.05) is 0 Å². The number of nitrogens with two attached hydrogens (primary N) is 1. The zero-order valence-electron chi connectivity index (χ0n) is 10.4. The van der Waals surface area contributed by atoms with Gasteiger partial charge < -0.3 is 15.8 Å². The number of nitrogens with one attached hydrogen (secondary N) is 1. The number of nitrogen functional groups attached to an aromatic ring is 1. The van der Waals surface area contributed by atoms with Gasteiger partial charge in [0.1, 0.15) is 5.75 Å². The van der Waals surface area contributed by atoms with Crippen LogP contribution >= 0.6 is 23.2 Å². The molecule has 20 heavy (non-hydrogen) atoms. The molecule has 0 heterocycles. The lowest BCUT2D eigenvalue weighted by Gasteiger charge is -2.10. The quantitative estimate of drug-likeness (QED) is 0.848. The van der Waals surface area contributed by atoms with Crippen LogP contribution in [-0.4, -0.2) is 12.5 Å². The Hall–Kier alpha value is -1.91. The molecule has 0 bridgehead atoms. The Labute approximate surface area is 126 Å². The van der Waals surface area contributed by atoms with Crippen molar-refractivity contribution in [2.45, 2.75) is 0 Å². The largest absolute Gasteiger partial charge is 0.484 e. The predicted octanol–water partition coefficient (Wildman–Crippen LogP) is 3.59. The summed E-state index contributed by atoms with van der Waals surface area (Å²) in [6, 6.07) is 11.7. The summed E-state index contributed by atoms with van der Waals surface area (Å²) < 4.78 is 5.32. The summed E-state index contributed by atoms with van der Waals surface area (Å²) in [7, 11) is 0. The first-order chi connectivity index (χ1) is 9.54. The first-order valence-corrected chi connectivity index (χ1v) is 6.53. The van der Waals surface area contributed by atoms with Crippen LogP contribution in [0.15, 0.2) is 42.5 Å². The fourth-order valence-corrected chi connectivity index (χ4v) is 1.88. The lowest BCUT2D eigenvalue weighted by molar-refractivity contribution is -0.118. The first kappa shape index (κ1) is 14.5. The van der Waals surface area contributed by atoms with Gasteiger partial charge in [0.2, 0.25) is 0 Å². The molecule has 0 saturated carbocycles. The highest BCUT2D eigenvalue weighted by Crippen LogP contribution is 2.23. The molecule has 2 aromatic carbocycles. The van der Waals surface area contributed by atoms with E-state index in [0.29, 0.717) is 27.2 Å². The van der Waals surface area contributed by atoms with Gasteiger partial charge in [0, 0.05) is 10.0 Å². The number of hydrogen-bond donors (Lipinski definition) is 2. The third kappa shape index (κ3) is 4.05. The van der Waals surface area contributed by atoms with Crippen molar-refractivity contribution >= 4 is 40.5 Å². The minimum Gasteiger partial charge on any atom is -0.484 e. The number of benzene rings is 2. The van der Waals surface area contributed by atoms with Gasteiger partial charge in [-0.05, 0) is 36.4 Å². The van der Waals surface area contributed by atoms with Crippen LogP contribution in [0.25, 0.3) is 0 Å². The second kappa shape index (κ2) is 6.50.